The van der Waals surface area contributed by atoms with Crippen LogP contribution in [0.25, 0.3) is 17.1 Å². The average Bonchev–Trinajstić information content (AvgIpc) is 2.98. The number of aromatic nitrogens is 3. The molecule has 0 N–H and O–H groups in total. The van der Waals surface area contributed by atoms with Gasteiger partial charge in [-0.1, -0.05) is 28.7 Å². The molecule has 8 heteroatoms. The van der Waals surface area contributed by atoms with Crippen LogP contribution in [0.1, 0.15) is 12.5 Å². The van der Waals surface area contributed by atoms with E-state index in [1.807, 2.05) is 31.2 Å². The van der Waals surface area contributed by atoms with E-state index < -0.39 is 11.1 Å². The van der Waals surface area contributed by atoms with E-state index >= 15 is 0 Å². The molecular formula is C17H15ClN3O3S-. The van der Waals surface area contributed by atoms with Crippen LogP contribution in [0.4, 0.5) is 0 Å². The third-order valence-corrected chi connectivity index (χ3v) is 4.35. The number of rotatable bonds is 6. The zero-order valence-electron chi connectivity index (χ0n) is 13.4. The van der Waals surface area contributed by atoms with Crippen LogP contribution in [0.3, 0.4) is 0 Å². The molecule has 0 fully saturated rings. The van der Waals surface area contributed by atoms with Crippen molar-refractivity contribution in [3.05, 3.63) is 59.6 Å². The Morgan fingerprint density at radius 1 is 1.20 bits per heavy atom. The summed E-state index contributed by atoms with van der Waals surface area (Å²) in [5, 5.41) is 0.357. The number of pyridine rings is 1. The molecule has 0 radical (unpaired) electrons. The quantitative estimate of drug-likeness (QED) is 0.616. The van der Waals surface area contributed by atoms with Crippen molar-refractivity contribution < 1.29 is 13.5 Å². The predicted octanol–water partition coefficient (Wildman–Crippen LogP) is 3.37. The van der Waals surface area contributed by atoms with Crippen molar-refractivity contribution in [3.63, 3.8) is 0 Å². The maximum atomic E-state index is 10.8. The van der Waals surface area contributed by atoms with Crippen LogP contribution in [0.2, 0.25) is 5.15 Å². The van der Waals surface area contributed by atoms with Gasteiger partial charge in [0.15, 0.2) is 5.15 Å². The van der Waals surface area contributed by atoms with Crippen LogP contribution < -0.4 is 4.74 Å². The van der Waals surface area contributed by atoms with Crippen LogP contribution in [0, 0.1) is 0 Å². The van der Waals surface area contributed by atoms with Gasteiger partial charge < -0.3 is 9.29 Å². The molecule has 1 aromatic carbocycles. The van der Waals surface area contributed by atoms with Crippen LogP contribution in [0.5, 0.6) is 5.75 Å². The van der Waals surface area contributed by atoms with Crippen molar-refractivity contribution in [3.8, 4) is 22.8 Å². The minimum Gasteiger partial charge on any atom is -0.772 e. The predicted molar refractivity (Wildman–Crippen MR) is 95.6 cm³/mol. The van der Waals surface area contributed by atoms with Crippen LogP contribution in [-0.4, -0.2) is 29.9 Å². The Balaban J connectivity index is 1.95. The number of ether oxygens (including phenoxy) is 1. The third-order valence-electron chi connectivity index (χ3n) is 3.50. The summed E-state index contributed by atoms with van der Waals surface area (Å²) in [6.45, 7) is 2.53. The van der Waals surface area contributed by atoms with Gasteiger partial charge in [-0.2, -0.15) is 0 Å². The summed E-state index contributed by atoms with van der Waals surface area (Å²) in [6, 6.07) is 11.0. The second-order valence-electron chi connectivity index (χ2n) is 5.18. The zero-order chi connectivity index (χ0) is 17.8. The maximum Gasteiger partial charge on any atom is 0.155 e. The lowest BCUT2D eigenvalue weighted by Gasteiger charge is -2.10. The molecule has 0 aliphatic rings. The van der Waals surface area contributed by atoms with Crippen LogP contribution >= 0.6 is 11.6 Å². The molecule has 0 saturated carbocycles. The number of hydrogen-bond acceptors (Lipinski definition) is 5. The molecular weight excluding hydrogens is 362 g/mol. The Labute approximate surface area is 152 Å². The van der Waals surface area contributed by atoms with Crippen molar-refractivity contribution >= 4 is 22.7 Å². The molecule has 0 bridgehead atoms. The summed E-state index contributed by atoms with van der Waals surface area (Å²) in [5.41, 5.74) is 2.20. The van der Waals surface area contributed by atoms with Crippen molar-refractivity contribution in [1.29, 1.82) is 0 Å². The van der Waals surface area contributed by atoms with Gasteiger partial charge >= 0.3 is 0 Å². The summed E-state index contributed by atoms with van der Waals surface area (Å²) in [6.07, 6.45) is 3.11. The molecule has 2 heterocycles. The van der Waals surface area contributed by atoms with Crippen molar-refractivity contribution in [1.82, 2.24) is 14.5 Å². The molecule has 1 unspecified atom stereocenters. The lowest BCUT2D eigenvalue weighted by Crippen LogP contribution is -2.00. The van der Waals surface area contributed by atoms with E-state index in [-0.39, 0.29) is 5.75 Å². The average molecular weight is 377 g/mol. The number of imidazole rings is 1. The first-order chi connectivity index (χ1) is 12.1. The lowest BCUT2D eigenvalue weighted by atomic mass is 10.1. The molecule has 130 valence electrons. The first-order valence-corrected chi connectivity index (χ1v) is 9.18. The monoisotopic (exact) mass is 376 g/mol. The normalized spacial score (nSPS) is 12.1. The highest BCUT2D eigenvalue weighted by molar-refractivity contribution is 7.78. The SMILES string of the molecule is CCOc1ccc(-c2c(Cl)ncn2-c2ccc(CS(=O)[O-])cn2)cc1. The Kier molecular flexibility index (Phi) is 5.47. The summed E-state index contributed by atoms with van der Waals surface area (Å²) < 4.78 is 28.7. The van der Waals surface area contributed by atoms with Gasteiger partial charge in [-0.25, -0.2) is 9.97 Å². The highest BCUT2D eigenvalue weighted by atomic mass is 35.5. The largest absolute Gasteiger partial charge is 0.772 e. The molecule has 0 spiro atoms. The lowest BCUT2D eigenvalue weighted by molar-refractivity contribution is 0.340. The smallest absolute Gasteiger partial charge is 0.155 e. The van der Waals surface area contributed by atoms with Gasteiger partial charge in [0.05, 0.1) is 12.3 Å². The maximum absolute atomic E-state index is 10.8. The second kappa shape index (κ2) is 7.77. The van der Waals surface area contributed by atoms with E-state index in [1.165, 1.54) is 6.20 Å². The van der Waals surface area contributed by atoms with Gasteiger partial charge in [0, 0.05) is 17.5 Å². The van der Waals surface area contributed by atoms with E-state index in [1.54, 1.807) is 23.0 Å². The molecule has 25 heavy (non-hydrogen) atoms. The topological polar surface area (TPSA) is 80.1 Å². The Morgan fingerprint density at radius 2 is 1.96 bits per heavy atom. The molecule has 2 aromatic heterocycles. The van der Waals surface area contributed by atoms with Gasteiger partial charge in [0.25, 0.3) is 0 Å². The highest BCUT2D eigenvalue weighted by Gasteiger charge is 2.14. The van der Waals surface area contributed by atoms with Crippen molar-refractivity contribution in [2.24, 2.45) is 0 Å². The molecule has 3 aromatic rings. The molecule has 6 nitrogen and oxygen atoms in total. The number of halogens is 1. The van der Waals surface area contributed by atoms with Gasteiger partial charge in [-0.15, -0.1) is 0 Å². The van der Waals surface area contributed by atoms with Gasteiger partial charge in [-0.3, -0.25) is 8.78 Å². The number of hydrogen-bond donors (Lipinski definition) is 0. The Morgan fingerprint density at radius 3 is 2.56 bits per heavy atom. The highest BCUT2D eigenvalue weighted by Crippen LogP contribution is 2.30. The van der Waals surface area contributed by atoms with Gasteiger partial charge in [0.2, 0.25) is 0 Å². The summed E-state index contributed by atoms with van der Waals surface area (Å²) in [4.78, 5) is 8.47. The molecule has 0 amide bonds. The number of benzene rings is 1. The second-order valence-corrected chi connectivity index (χ2v) is 6.44. The Bertz CT molecular complexity index is 879. The van der Waals surface area contributed by atoms with Crippen molar-refractivity contribution in [2.75, 3.05) is 6.61 Å². The number of nitrogens with zero attached hydrogens (tertiary/aromatic N) is 3. The summed E-state index contributed by atoms with van der Waals surface area (Å²) >= 11 is 4.11. The van der Waals surface area contributed by atoms with E-state index in [0.29, 0.717) is 28.8 Å². The van der Waals surface area contributed by atoms with E-state index in [0.717, 1.165) is 11.3 Å². The fourth-order valence-corrected chi connectivity index (χ4v) is 3.10. The zero-order valence-corrected chi connectivity index (χ0v) is 15.0. The first-order valence-electron chi connectivity index (χ1n) is 7.55. The van der Waals surface area contributed by atoms with E-state index in [4.69, 9.17) is 16.3 Å². The molecule has 0 aliphatic carbocycles. The Hall–Kier alpha value is -2.22. The molecule has 0 aliphatic heterocycles. The van der Waals surface area contributed by atoms with Crippen molar-refractivity contribution in [2.45, 2.75) is 12.7 Å². The minimum atomic E-state index is -2.14. The molecule has 1 atom stereocenters. The fraction of sp³-hybridized carbons (Fsp3) is 0.176. The molecule has 0 saturated heterocycles. The standard InChI is InChI=1S/C17H16ClN3O3S/c1-2-24-14-6-4-13(5-7-14)16-17(18)20-11-21(16)15-8-3-12(9-19-15)10-25(22)23/h3-9,11H,2,10H2,1H3,(H,22,23)/p-1. The minimum absolute atomic E-state index is 0.0658. The first kappa shape index (κ1) is 17.6. The van der Waals surface area contributed by atoms with Gasteiger partial charge in [0.1, 0.15) is 17.9 Å². The fourth-order valence-electron chi connectivity index (χ4n) is 2.41. The summed E-state index contributed by atoms with van der Waals surface area (Å²) in [7, 11) is 0. The van der Waals surface area contributed by atoms with Crippen LogP contribution in [0.15, 0.2) is 48.9 Å². The summed E-state index contributed by atoms with van der Waals surface area (Å²) in [5.74, 6) is 1.31. The van der Waals surface area contributed by atoms with E-state index in [9.17, 15) is 8.76 Å². The van der Waals surface area contributed by atoms with Gasteiger partial charge in [-0.05, 0) is 42.8 Å². The third kappa shape index (κ3) is 4.07. The van der Waals surface area contributed by atoms with E-state index in [2.05, 4.69) is 9.97 Å². The van der Waals surface area contributed by atoms with Crippen LogP contribution in [-0.2, 0) is 16.8 Å². The molecule has 3 rings (SSSR count).